The van der Waals surface area contributed by atoms with Gasteiger partial charge in [0.25, 0.3) is 0 Å². The van der Waals surface area contributed by atoms with E-state index in [4.69, 9.17) is 0 Å². The molecule has 1 saturated carbocycles. The van der Waals surface area contributed by atoms with Gasteiger partial charge < -0.3 is 5.11 Å². The molecule has 0 amide bonds. The Morgan fingerprint density at radius 2 is 2.00 bits per heavy atom. The predicted molar refractivity (Wildman–Crippen MR) is 70.4 cm³/mol. The maximum Gasteiger partial charge on any atom is 0.0571 e. The lowest BCUT2D eigenvalue weighted by molar-refractivity contribution is 0.0493. The monoisotopic (exact) mass is 226 g/mol. The number of hydrogen-bond donors (Lipinski definition) is 1. The fourth-order valence-electron chi connectivity index (χ4n) is 3.27. The highest BCUT2D eigenvalue weighted by atomic mass is 16.3. The standard InChI is InChI=1S/C15H30O/c1-4-7-12(3)10-15(16)14-9-6-8-13(5-2)11-14/h12-16H,4-11H2,1-3H3. The Balaban J connectivity index is 2.32. The molecule has 0 aromatic carbocycles. The van der Waals surface area contributed by atoms with Gasteiger partial charge in [-0.25, -0.2) is 0 Å². The van der Waals surface area contributed by atoms with Crippen molar-refractivity contribution in [2.45, 2.75) is 78.2 Å². The lowest BCUT2D eigenvalue weighted by Crippen LogP contribution is -2.28. The SMILES string of the molecule is CCCC(C)CC(O)C1CCCC(CC)C1. The predicted octanol–water partition coefficient (Wildman–Crippen LogP) is 4.39. The first-order chi connectivity index (χ1) is 7.67. The van der Waals surface area contributed by atoms with E-state index in [0.717, 1.165) is 12.3 Å². The number of aliphatic hydroxyl groups is 1. The molecule has 0 heterocycles. The van der Waals surface area contributed by atoms with E-state index in [0.29, 0.717) is 11.8 Å². The molecule has 96 valence electrons. The largest absolute Gasteiger partial charge is 0.393 e. The van der Waals surface area contributed by atoms with Crippen molar-refractivity contribution in [3.63, 3.8) is 0 Å². The molecule has 4 unspecified atom stereocenters. The molecule has 0 aromatic heterocycles. The molecule has 1 fully saturated rings. The molecule has 0 aromatic rings. The molecule has 1 heteroatoms. The zero-order valence-corrected chi connectivity index (χ0v) is 11.4. The van der Waals surface area contributed by atoms with Crippen LogP contribution in [-0.4, -0.2) is 11.2 Å². The van der Waals surface area contributed by atoms with Gasteiger partial charge in [-0.1, -0.05) is 52.9 Å². The summed E-state index contributed by atoms with van der Waals surface area (Å²) in [5.41, 5.74) is 0. The lowest BCUT2D eigenvalue weighted by atomic mass is 9.76. The summed E-state index contributed by atoms with van der Waals surface area (Å²) in [7, 11) is 0. The van der Waals surface area contributed by atoms with Gasteiger partial charge in [-0.15, -0.1) is 0 Å². The van der Waals surface area contributed by atoms with E-state index in [1.54, 1.807) is 0 Å². The van der Waals surface area contributed by atoms with Crippen LogP contribution in [0.15, 0.2) is 0 Å². The summed E-state index contributed by atoms with van der Waals surface area (Å²) >= 11 is 0. The van der Waals surface area contributed by atoms with Crippen molar-refractivity contribution in [1.29, 1.82) is 0 Å². The molecule has 1 nitrogen and oxygen atoms in total. The molecule has 0 saturated heterocycles. The first-order valence-electron chi connectivity index (χ1n) is 7.35. The summed E-state index contributed by atoms with van der Waals surface area (Å²) in [5.74, 6) is 2.18. The average Bonchev–Trinajstić information content (AvgIpc) is 2.29. The molecule has 0 aliphatic heterocycles. The van der Waals surface area contributed by atoms with E-state index in [1.165, 1.54) is 44.9 Å². The van der Waals surface area contributed by atoms with Crippen LogP contribution in [0.1, 0.15) is 72.1 Å². The summed E-state index contributed by atoms with van der Waals surface area (Å²) in [6.07, 6.45) is 10.1. The van der Waals surface area contributed by atoms with Crippen molar-refractivity contribution in [2.24, 2.45) is 17.8 Å². The zero-order chi connectivity index (χ0) is 12.0. The van der Waals surface area contributed by atoms with Crippen molar-refractivity contribution >= 4 is 0 Å². The minimum atomic E-state index is -0.0316. The van der Waals surface area contributed by atoms with Crippen LogP contribution >= 0.6 is 0 Å². The van der Waals surface area contributed by atoms with Crippen LogP contribution in [0.5, 0.6) is 0 Å². The molecular formula is C15H30O. The second kappa shape index (κ2) is 7.32. The van der Waals surface area contributed by atoms with E-state index in [9.17, 15) is 5.11 Å². The fourth-order valence-corrected chi connectivity index (χ4v) is 3.27. The minimum Gasteiger partial charge on any atom is -0.393 e. The number of rotatable bonds is 6. The highest BCUT2D eigenvalue weighted by molar-refractivity contribution is 4.78. The number of hydrogen-bond acceptors (Lipinski definition) is 1. The van der Waals surface area contributed by atoms with Crippen LogP contribution in [0, 0.1) is 17.8 Å². The summed E-state index contributed by atoms with van der Waals surface area (Å²) in [5, 5.41) is 10.3. The highest BCUT2D eigenvalue weighted by Gasteiger charge is 2.27. The molecule has 1 rings (SSSR count). The third-order valence-electron chi connectivity index (χ3n) is 4.37. The first-order valence-corrected chi connectivity index (χ1v) is 7.35. The average molecular weight is 226 g/mol. The quantitative estimate of drug-likeness (QED) is 0.712. The van der Waals surface area contributed by atoms with Crippen molar-refractivity contribution in [2.75, 3.05) is 0 Å². The van der Waals surface area contributed by atoms with Gasteiger partial charge >= 0.3 is 0 Å². The van der Waals surface area contributed by atoms with Gasteiger partial charge in [0.15, 0.2) is 0 Å². The van der Waals surface area contributed by atoms with E-state index in [1.807, 2.05) is 0 Å². The molecule has 0 radical (unpaired) electrons. The van der Waals surface area contributed by atoms with Crippen molar-refractivity contribution in [3.8, 4) is 0 Å². The Labute approximate surface area is 102 Å². The van der Waals surface area contributed by atoms with Gasteiger partial charge in [0.1, 0.15) is 0 Å². The lowest BCUT2D eigenvalue weighted by Gasteiger charge is -2.32. The van der Waals surface area contributed by atoms with Gasteiger partial charge in [-0.2, -0.15) is 0 Å². The molecule has 0 bridgehead atoms. The van der Waals surface area contributed by atoms with Gasteiger partial charge in [0.2, 0.25) is 0 Å². The third-order valence-corrected chi connectivity index (χ3v) is 4.37. The first kappa shape index (κ1) is 14.0. The Bertz CT molecular complexity index is 178. The van der Waals surface area contributed by atoms with E-state index in [-0.39, 0.29) is 6.10 Å². The second-order valence-corrected chi connectivity index (χ2v) is 5.90. The molecule has 4 atom stereocenters. The smallest absolute Gasteiger partial charge is 0.0571 e. The second-order valence-electron chi connectivity index (χ2n) is 5.90. The fraction of sp³-hybridized carbons (Fsp3) is 1.00. The molecule has 1 N–H and O–H groups in total. The molecule has 1 aliphatic rings. The van der Waals surface area contributed by atoms with Crippen molar-refractivity contribution in [1.82, 2.24) is 0 Å². The summed E-state index contributed by atoms with van der Waals surface area (Å²) in [4.78, 5) is 0. The summed E-state index contributed by atoms with van der Waals surface area (Å²) in [6, 6.07) is 0. The number of aliphatic hydroxyl groups excluding tert-OH is 1. The molecular weight excluding hydrogens is 196 g/mol. The van der Waals surface area contributed by atoms with Crippen LogP contribution < -0.4 is 0 Å². The Hall–Kier alpha value is -0.0400. The third kappa shape index (κ3) is 4.45. The summed E-state index contributed by atoms with van der Waals surface area (Å²) in [6.45, 7) is 6.81. The van der Waals surface area contributed by atoms with E-state index < -0.39 is 0 Å². The van der Waals surface area contributed by atoms with Crippen molar-refractivity contribution < 1.29 is 5.11 Å². The highest BCUT2D eigenvalue weighted by Crippen LogP contribution is 2.34. The maximum atomic E-state index is 10.3. The summed E-state index contributed by atoms with van der Waals surface area (Å²) < 4.78 is 0. The molecule has 1 aliphatic carbocycles. The minimum absolute atomic E-state index is 0.0316. The Morgan fingerprint density at radius 3 is 2.62 bits per heavy atom. The topological polar surface area (TPSA) is 20.2 Å². The van der Waals surface area contributed by atoms with Crippen LogP contribution in [0.4, 0.5) is 0 Å². The molecule has 16 heavy (non-hydrogen) atoms. The Morgan fingerprint density at radius 1 is 1.25 bits per heavy atom. The van der Waals surface area contributed by atoms with Gasteiger partial charge in [-0.05, 0) is 37.0 Å². The van der Waals surface area contributed by atoms with Crippen LogP contribution in [-0.2, 0) is 0 Å². The Kier molecular flexibility index (Phi) is 6.41. The van der Waals surface area contributed by atoms with Crippen molar-refractivity contribution in [3.05, 3.63) is 0 Å². The van der Waals surface area contributed by atoms with Gasteiger partial charge in [0, 0.05) is 0 Å². The van der Waals surface area contributed by atoms with E-state index in [2.05, 4.69) is 20.8 Å². The zero-order valence-electron chi connectivity index (χ0n) is 11.4. The van der Waals surface area contributed by atoms with Gasteiger partial charge in [-0.3, -0.25) is 0 Å². The van der Waals surface area contributed by atoms with Gasteiger partial charge in [0.05, 0.1) is 6.10 Å². The van der Waals surface area contributed by atoms with Crippen LogP contribution in [0.25, 0.3) is 0 Å². The maximum absolute atomic E-state index is 10.3. The molecule has 0 spiro atoms. The normalized spacial score (nSPS) is 30.0. The van der Waals surface area contributed by atoms with Crippen LogP contribution in [0.2, 0.25) is 0 Å². The van der Waals surface area contributed by atoms with E-state index >= 15 is 0 Å². The van der Waals surface area contributed by atoms with Crippen LogP contribution in [0.3, 0.4) is 0 Å².